The number of ether oxygens (including phenoxy) is 1. The minimum atomic E-state index is -0.512. The summed E-state index contributed by atoms with van der Waals surface area (Å²) in [5.41, 5.74) is 1.46. The minimum Gasteiger partial charge on any atom is -0.461 e. The van der Waals surface area contributed by atoms with Crippen LogP contribution in [0.3, 0.4) is 0 Å². The number of hydrogen-bond acceptors (Lipinski definition) is 6. The average Bonchev–Trinajstić information content (AvgIpc) is 2.90. The van der Waals surface area contributed by atoms with Crippen LogP contribution in [0.25, 0.3) is 11.3 Å². The van der Waals surface area contributed by atoms with E-state index >= 15 is 0 Å². The minimum absolute atomic E-state index is 0.0427. The van der Waals surface area contributed by atoms with E-state index in [0.29, 0.717) is 18.7 Å². The zero-order valence-electron chi connectivity index (χ0n) is 11.2. The van der Waals surface area contributed by atoms with Crippen LogP contribution in [0.5, 0.6) is 0 Å². The number of aliphatic hydroxyl groups excluding tert-OH is 1. The van der Waals surface area contributed by atoms with Crippen molar-refractivity contribution in [2.45, 2.75) is 19.9 Å². The smallest absolute Gasteiger partial charge is 0.361 e. The normalized spacial score (nSPS) is 10.5. The lowest BCUT2D eigenvalue weighted by molar-refractivity contribution is 0.0520. The van der Waals surface area contributed by atoms with E-state index in [1.54, 1.807) is 30.1 Å². The Morgan fingerprint density at radius 3 is 3.00 bits per heavy atom. The monoisotopic (exact) mass is 276 g/mol. The number of rotatable bonds is 6. The number of esters is 1. The molecule has 0 aliphatic heterocycles. The quantitative estimate of drug-likeness (QED) is 0.788. The highest BCUT2D eigenvalue weighted by atomic mass is 16.5. The van der Waals surface area contributed by atoms with Gasteiger partial charge in [0.25, 0.3) is 0 Å². The molecule has 0 unspecified atom stereocenters. The Labute approximate surface area is 116 Å². The fraction of sp³-hybridized carbons (Fsp3) is 0.385. The molecule has 1 N–H and O–H groups in total. The van der Waals surface area contributed by atoms with Crippen LogP contribution in [0.4, 0.5) is 0 Å². The predicted octanol–water partition coefficient (Wildman–Crippen LogP) is 0.899. The number of pyridine rings is 1. The van der Waals surface area contributed by atoms with Gasteiger partial charge in [-0.2, -0.15) is 0 Å². The van der Waals surface area contributed by atoms with Gasteiger partial charge in [0, 0.05) is 31.1 Å². The Bertz CT molecular complexity index is 568. The molecule has 0 amide bonds. The molecular weight excluding hydrogens is 260 g/mol. The van der Waals surface area contributed by atoms with E-state index in [1.807, 2.05) is 6.07 Å². The van der Waals surface area contributed by atoms with Gasteiger partial charge >= 0.3 is 5.97 Å². The third kappa shape index (κ3) is 3.00. The van der Waals surface area contributed by atoms with Crippen LogP contribution in [-0.2, 0) is 11.3 Å². The van der Waals surface area contributed by atoms with E-state index in [0.717, 1.165) is 5.56 Å². The lowest BCUT2D eigenvalue weighted by atomic mass is 10.1. The first kappa shape index (κ1) is 14.1. The molecule has 2 rings (SSSR count). The summed E-state index contributed by atoms with van der Waals surface area (Å²) in [5, 5.41) is 16.8. The van der Waals surface area contributed by atoms with Gasteiger partial charge in [0.15, 0.2) is 5.69 Å². The van der Waals surface area contributed by atoms with Crippen molar-refractivity contribution in [3.8, 4) is 11.3 Å². The molecule has 0 aromatic carbocycles. The summed E-state index contributed by atoms with van der Waals surface area (Å²) in [4.78, 5) is 16.0. The SMILES string of the molecule is CCOC(=O)c1nnn(CCCO)c1-c1cccnc1. The molecule has 7 nitrogen and oxygen atoms in total. The van der Waals surface area contributed by atoms with Gasteiger partial charge in [-0.25, -0.2) is 9.48 Å². The second-order valence-electron chi connectivity index (χ2n) is 4.05. The van der Waals surface area contributed by atoms with Crippen LogP contribution in [0.15, 0.2) is 24.5 Å². The van der Waals surface area contributed by atoms with E-state index in [4.69, 9.17) is 9.84 Å². The maximum atomic E-state index is 11.9. The van der Waals surface area contributed by atoms with Crippen molar-refractivity contribution < 1.29 is 14.6 Å². The molecule has 2 aromatic heterocycles. The molecule has 0 saturated heterocycles. The Morgan fingerprint density at radius 2 is 2.35 bits per heavy atom. The van der Waals surface area contributed by atoms with Crippen molar-refractivity contribution in [3.63, 3.8) is 0 Å². The van der Waals surface area contributed by atoms with Crippen LogP contribution in [-0.4, -0.2) is 44.3 Å². The molecular formula is C13H16N4O3. The Morgan fingerprint density at radius 1 is 1.50 bits per heavy atom. The molecule has 7 heteroatoms. The second kappa shape index (κ2) is 6.76. The second-order valence-corrected chi connectivity index (χ2v) is 4.05. The molecule has 0 spiro atoms. The van der Waals surface area contributed by atoms with Gasteiger partial charge in [0.05, 0.1) is 6.61 Å². The molecule has 0 aliphatic rings. The van der Waals surface area contributed by atoms with Gasteiger partial charge in [-0.1, -0.05) is 5.21 Å². The first-order valence-corrected chi connectivity index (χ1v) is 6.39. The third-order valence-electron chi connectivity index (χ3n) is 2.67. The van der Waals surface area contributed by atoms with E-state index in [-0.39, 0.29) is 18.9 Å². The molecule has 2 aromatic rings. The average molecular weight is 276 g/mol. The van der Waals surface area contributed by atoms with Gasteiger partial charge in [0.2, 0.25) is 0 Å². The van der Waals surface area contributed by atoms with E-state index in [2.05, 4.69) is 15.3 Å². The van der Waals surface area contributed by atoms with Gasteiger partial charge in [-0.05, 0) is 25.5 Å². The van der Waals surface area contributed by atoms with Crippen molar-refractivity contribution in [2.24, 2.45) is 0 Å². The van der Waals surface area contributed by atoms with Crippen molar-refractivity contribution in [1.82, 2.24) is 20.0 Å². The highest BCUT2D eigenvalue weighted by Gasteiger charge is 2.22. The van der Waals surface area contributed by atoms with Crippen molar-refractivity contribution in [1.29, 1.82) is 0 Å². The Balaban J connectivity index is 2.43. The topological polar surface area (TPSA) is 90.1 Å². The molecule has 0 saturated carbocycles. The maximum Gasteiger partial charge on any atom is 0.361 e. The first-order chi connectivity index (χ1) is 9.77. The summed E-state index contributed by atoms with van der Waals surface area (Å²) in [5.74, 6) is -0.512. The zero-order valence-corrected chi connectivity index (χ0v) is 11.2. The molecule has 0 atom stereocenters. The third-order valence-corrected chi connectivity index (χ3v) is 2.67. The van der Waals surface area contributed by atoms with Crippen LogP contribution in [0, 0.1) is 0 Å². The number of carbonyl (C=O) groups excluding carboxylic acids is 1. The summed E-state index contributed by atoms with van der Waals surface area (Å²) < 4.78 is 6.57. The number of aromatic nitrogens is 4. The standard InChI is InChI=1S/C13H16N4O3/c1-2-20-13(19)11-12(10-5-3-6-14-9-10)17(16-15-11)7-4-8-18/h3,5-6,9,18H,2,4,7-8H2,1H3. The molecule has 106 valence electrons. The number of carbonyl (C=O) groups is 1. The van der Waals surface area contributed by atoms with E-state index < -0.39 is 5.97 Å². The molecule has 2 heterocycles. The lowest BCUT2D eigenvalue weighted by Gasteiger charge is -2.07. The predicted molar refractivity (Wildman–Crippen MR) is 70.9 cm³/mol. The van der Waals surface area contributed by atoms with Gasteiger partial charge in [-0.15, -0.1) is 5.10 Å². The summed E-state index contributed by atoms with van der Waals surface area (Å²) in [6, 6.07) is 3.59. The number of aryl methyl sites for hydroxylation is 1. The van der Waals surface area contributed by atoms with Gasteiger partial charge in [0.1, 0.15) is 5.69 Å². The highest BCUT2D eigenvalue weighted by molar-refractivity contribution is 5.93. The van der Waals surface area contributed by atoms with E-state index in [9.17, 15) is 4.79 Å². The fourth-order valence-electron chi connectivity index (χ4n) is 1.82. The maximum absolute atomic E-state index is 11.9. The molecule has 0 aliphatic carbocycles. The summed E-state index contributed by atoms with van der Waals surface area (Å²) in [6.07, 6.45) is 3.81. The number of nitrogens with zero attached hydrogens (tertiary/aromatic N) is 4. The number of hydrogen-bond donors (Lipinski definition) is 1. The molecule has 0 bridgehead atoms. The summed E-state index contributed by atoms with van der Waals surface area (Å²) in [7, 11) is 0. The van der Waals surface area contributed by atoms with E-state index in [1.165, 1.54) is 0 Å². The van der Waals surface area contributed by atoms with Crippen LogP contribution in [0.1, 0.15) is 23.8 Å². The first-order valence-electron chi connectivity index (χ1n) is 6.39. The molecule has 0 fully saturated rings. The Hall–Kier alpha value is -2.28. The van der Waals surface area contributed by atoms with Crippen molar-refractivity contribution >= 4 is 5.97 Å². The van der Waals surface area contributed by atoms with Crippen LogP contribution in [0.2, 0.25) is 0 Å². The molecule has 0 radical (unpaired) electrons. The van der Waals surface area contributed by atoms with Crippen molar-refractivity contribution in [3.05, 3.63) is 30.2 Å². The number of aliphatic hydroxyl groups is 1. The highest BCUT2D eigenvalue weighted by Crippen LogP contribution is 2.22. The molecule has 20 heavy (non-hydrogen) atoms. The van der Waals surface area contributed by atoms with Crippen LogP contribution < -0.4 is 0 Å². The van der Waals surface area contributed by atoms with Gasteiger partial charge < -0.3 is 9.84 Å². The lowest BCUT2D eigenvalue weighted by Crippen LogP contribution is -2.09. The van der Waals surface area contributed by atoms with Gasteiger partial charge in [-0.3, -0.25) is 4.98 Å². The fourth-order valence-corrected chi connectivity index (χ4v) is 1.82. The summed E-state index contributed by atoms with van der Waals surface area (Å²) in [6.45, 7) is 2.51. The summed E-state index contributed by atoms with van der Waals surface area (Å²) >= 11 is 0. The Kier molecular flexibility index (Phi) is 4.78. The zero-order chi connectivity index (χ0) is 14.4. The van der Waals surface area contributed by atoms with Crippen molar-refractivity contribution in [2.75, 3.05) is 13.2 Å². The largest absolute Gasteiger partial charge is 0.461 e. The van der Waals surface area contributed by atoms with Crippen LogP contribution >= 0.6 is 0 Å².